The van der Waals surface area contributed by atoms with Crippen LogP contribution in [0, 0.1) is 12.7 Å². The summed E-state index contributed by atoms with van der Waals surface area (Å²) in [4.78, 5) is 27.9. The zero-order chi connectivity index (χ0) is 24.5. The van der Waals surface area contributed by atoms with Gasteiger partial charge >= 0.3 is 0 Å². The van der Waals surface area contributed by atoms with Crippen molar-refractivity contribution in [2.75, 3.05) is 25.5 Å². The maximum atomic E-state index is 14.3. The molecule has 4 aromatic heterocycles. The van der Waals surface area contributed by atoms with E-state index in [1.165, 1.54) is 13.2 Å². The minimum atomic E-state index is -0.636. The van der Waals surface area contributed by atoms with Crippen molar-refractivity contribution in [1.82, 2.24) is 29.5 Å². The first-order valence-corrected chi connectivity index (χ1v) is 11.5. The van der Waals surface area contributed by atoms with Crippen LogP contribution in [0.5, 0.6) is 5.88 Å². The van der Waals surface area contributed by atoms with E-state index in [4.69, 9.17) is 9.72 Å². The molecular formula is C25H26FN7O2. The summed E-state index contributed by atoms with van der Waals surface area (Å²) >= 11 is 0. The number of aromatic nitrogens is 5. The Morgan fingerprint density at radius 3 is 2.89 bits per heavy atom. The number of carbonyl (C=O) groups is 1. The molecule has 0 bridgehead atoms. The van der Waals surface area contributed by atoms with E-state index in [9.17, 15) is 9.18 Å². The fourth-order valence-corrected chi connectivity index (χ4v) is 4.40. The Balaban J connectivity index is 1.25. The van der Waals surface area contributed by atoms with E-state index in [0.29, 0.717) is 18.9 Å². The number of likely N-dealkylation sites (tertiary alicyclic amines) is 1. The number of aryl methyl sites for hydroxylation is 1. The first-order valence-electron chi connectivity index (χ1n) is 11.5. The lowest BCUT2D eigenvalue weighted by molar-refractivity contribution is -0.131. The Bertz CT molecular complexity index is 1360. The van der Waals surface area contributed by atoms with Gasteiger partial charge < -0.3 is 15.0 Å². The maximum Gasteiger partial charge on any atom is 0.230 e. The molecule has 1 saturated heterocycles. The number of nitrogens with one attached hydrogen (secondary N) is 1. The highest BCUT2D eigenvalue weighted by atomic mass is 19.1. The minimum absolute atomic E-state index is 0.0500. The highest BCUT2D eigenvalue weighted by molar-refractivity contribution is 5.83. The van der Waals surface area contributed by atoms with E-state index in [1.807, 2.05) is 43.5 Å². The summed E-state index contributed by atoms with van der Waals surface area (Å²) in [5.41, 5.74) is 2.74. The molecule has 9 nitrogen and oxygen atoms in total. The molecule has 35 heavy (non-hydrogen) atoms. The van der Waals surface area contributed by atoms with Crippen molar-refractivity contribution in [3.05, 3.63) is 65.9 Å². The molecule has 0 aliphatic carbocycles. The average molecular weight is 476 g/mol. The molecule has 2 atom stereocenters. The molecule has 1 fully saturated rings. The average Bonchev–Trinajstić information content (AvgIpc) is 3.50. The molecule has 180 valence electrons. The Morgan fingerprint density at radius 1 is 1.26 bits per heavy atom. The van der Waals surface area contributed by atoms with Crippen LogP contribution in [-0.2, 0) is 4.79 Å². The first kappa shape index (κ1) is 22.7. The van der Waals surface area contributed by atoms with Crippen molar-refractivity contribution in [3.8, 4) is 17.3 Å². The van der Waals surface area contributed by atoms with Gasteiger partial charge in [-0.25, -0.2) is 23.9 Å². The van der Waals surface area contributed by atoms with Gasteiger partial charge in [-0.2, -0.15) is 0 Å². The highest BCUT2D eigenvalue weighted by Crippen LogP contribution is 2.27. The maximum absolute atomic E-state index is 14.3. The van der Waals surface area contributed by atoms with Gasteiger partial charge in [-0.3, -0.25) is 4.79 Å². The van der Waals surface area contributed by atoms with Crippen LogP contribution >= 0.6 is 0 Å². The Hall–Kier alpha value is -4.08. The lowest BCUT2D eigenvalue weighted by Gasteiger charge is -2.22. The largest absolute Gasteiger partial charge is 0.481 e. The van der Waals surface area contributed by atoms with Crippen molar-refractivity contribution in [3.63, 3.8) is 0 Å². The van der Waals surface area contributed by atoms with Crippen molar-refractivity contribution >= 4 is 17.4 Å². The second-order valence-electron chi connectivity index (χ2n) is 8.65. The van der Waals surface area contributed by atoms with Crippen LogP contribution in [-0.4, -0.2) is 61.6 Å². The molecule has 0 spiro atoms. The van der Waals surface area contributed by atoms with Crippen LogP contribution in [0.3, 0.4) is 0 Å². The van der Waals surface area contributed by atoms with E-state index >= 15 is 0 Å². The third kappa shape index (κ3) is 4.51. The molecule has 0 radical (unpaired) electrons. The van der Waals surface area contributed by atoms with Crippen molar-refractivity contribution in [2.24, 2.45) is 0 Å². The highest BCUT2D eigenvalue weighted by Gasteiger charge is 2.31. The van der Waals surface area contributed by atoms with E-state index < -0.39 is 11.7 Å². The standard InChI is InChI=1S/C25H26FN7O2/c1-15(19-12-23(35-3)27-13-20(19)26)25(34)32-11-9-17(14-32)29-21-8-7-18(16(2)28-21)24-30-22-6-4-5-10-33(22)31-24/h4-8,10,12-13,15,17H,9,11,14H2,1-3H3,(H,28,29)/t15-,17+/m1/s1. The van der Waals surface area contributed by atoms with Crippen molar-refractivity contribution in [2.45, 2.75) is 32.2 Å². The summed E-state index contributed by atoms with van der Waals surface area (Å²) in [6.07, 6.45) is 3.72. The number of methoxy groups -OCH3 is 1. The van der Waals surface area contributed by atoms with Crippen molar-refractivity contribution in [1.29, 1.82) is 0 Å². The number of rotatable bonds is 6. The summed E-state index contributed by atoms with van der Waals surface area (Å²) in [6, 6.07) is 11.1. The number of nitrogens with zero attached hydrogens (tertiary/aromatic N) is 6. The first-order chi connectivity index (χ1) is 16.9. The van der Waals surface area contributed by atoms with Gasteiger partial charge in [-0.1, -0.05) is 6.07 Å². The Labute approximate surface area is 202 Å². The van der Waals surface area contributed by atoms with Gasteiger partial charge in [0.2, 0.25) is 11.8 Å². The number of hydrogen-bond donors (Lipinski definition) is 1. The monoisotopic (exact) mass is 475 g/mol. The molecule has 1 amide bonds. The minimum Gasteiger partial charge on any atom is -0.481 e. The van der Waals surface area contributed by atoms with Crippen molar-refractivity contribution < 1.29 is 13.9 Å². The topological polar surface area (TPSA) is 97.5 Å². The van der Waals surface area contributed by atoms with Gasteiger partial charge in [0, 0.05) is 42.5 Å². The quantitative estimate of drug-likeness (QED) is 0.456. The third-order valence-corrected chi connectivity index (χ3v) is 6.33. The van der Waals surface area contributed by atoms with Gasteiger partial charge in [0.25, 0.3) is 0 Å². The van der Waals surface area contributed by atoms with Crippen LogP contribution in [0.2, 0.25) is 0 Å². The zero-order valence-electron chi connectivity index (χ0n) is 19.8. The van der Waals surface area contributed by atoms with E-state index in [0.717, 1.165) is 35.3 Å². The normalized spacial score (nSPS) is 16.5. The second-order valence-corrected chi connectivity index (χ2v) is 8.65. The Morgan fingerprint density at radius 2 is 2.11 bits per heavy atom. The number of amides is 1. The van der Waals surface area contributed by atoms with Crippen LogP contribution in [0.1, 0.15) is 30.5 Å². The predicted molar refractivity (Wildman–Crippen MR) is 129 cm³/mol. The molecule has 10 heteroatoms. The predicted octanol–water partition coefficient (Wildman–Crippen LogP) is 3.46. The smallest absolute Gasteiger partial charge is 0.230 e. The molecule has 5 heterocycles. The van der Waals surface area contributed by atoms with Gasteiger partial charge in [-0.15, -0.1) is 5.10 Å². The third-order valence-electron chi connectivity index (χ3n) is 6.33. The molecule has 5 rings (SSSR count). The summed E-state index contributed by atoms with van der Waals surface area (Å²) in [6.45, 7) is 4.74. The Kier molecular flexibility index (Phi) is 6.02. The lowest BCUT2D eigenvalue weighted by Crippen LogP contribution is -2.34. The second kappa shape index (κ2) is 9.28. The molecule has 1 aliphatic heterocycles. The molecule has 4 aromatic rings. The fourth-order valence-electron chi connectivity index (χ4n) is 4.40. The summed E-state index contributed by atoms with van der Waals surface area (Å²) in [5.74, 6) is 0.361. The van der Waals surface area contributed by atoms with Gasteiger partial charge in [-0.05, 0) is 44.5 Å². The van der Waals surface area contributed by atoms with Gasteiger partial charge in [0.05, 0.1) is 24.9 Å². The van der Waals surface area contributed by atoms with Gasteiger partial charge in [0.15, 0.2) is 11.5 Å². The number of ether oxygens (including phenoxy) is 1. The molecule has 1 aliphatic rings. The number of carbonyl (C=O) groups excluding carboxylic acids is 1. The van der Waals surface area contributed by atoms with Crippen LogP contribution in [0.15, 0.2) is 48.8 Å². The zero-order valence-corrected chi connectivity index (χ0v) is 19.8. The summed E-state index contributed by atoms with van der Waals surface area (Å²) in [5, 5.41) is 7.95. The van der Waals surface area contributed by atoms with E-state index in [2.05, 4.69) is 20.4 Å². The molecular weight excluding hydrogens is 449 g/mol. The van der Waals surface area contributed by atoms with Crippen LogP contribution in [0.4, 0.5) is 10.2 Å². The van der Waals surface area contributed by atoms with Crippen LogP contribution in [0.25, 0.3) is 17.0 Å². The summed E-state index contributed by atoms with van der Waals surface area (Å²) in [7, 11) is 1.46. The van der Waals surface area contributed by atoms with E-state index in [-0.39, 0.29) is 23.4 Å². The molecule has 1 N–H and O–H groups in total. The lowest BCUT2D eigenvalue weighted by atomic mass is 10.0. The fraction of sp³-hybridized carbons (Fsp3) is 0.320. The molecule has 0 saturated carbocycles. The summed E-state index contributed by atoms with van der Waals surface area (Å²) < 4.78 is 21.1. The number of anilines is 1. The molecule has 0 unspecified atom stereocenters. The number of hydrogen-bond acceptors (Lipinski definition) is 7. The number of pyridine rings is 3. The van der Waals surface area contributed by atoms with E-state index in [1.54, 1.807) is 16.3 Å². The number of halogens is 1. The number of fused-ring (bicyclic) bond motifs is 1. The SMILES string of the molecule is COc1cc([C@@H](C)C(=O)N2CC[C@H](Nc3ccc(-c4nc5ccccn5n4)c(C)n3)C2)c(F)cn1. The van der Waals surface area contributed by atoms with Crippen LogP contribution < -0.4 is 10.1 Å². The van der Waals surface area contributed by atoms with Gasteiger partial charge in [0.1, 0.15) is 11.6 Å². The molecule has 0 aromatic carbocycles.